The van der Waals surface area contributed by atoms with Gasteiger partial charge in [-0.05, 0) is 22.6 Å². The number of carboxylic acids is 1. The minimum absolute atomic E-state index is 0.105. The minimum atomic E-state index is -1.04. The average molecular weight is 363 g/mol. The van der Waals surface area contributed by atoms with E-state index in [9.17, 15) is 14.7 Å². The molecule has 1 aliphatic heterocycles. The Kier molecular flexibility index (Phi) is 6.90. The topological polar surface area (TPSA) is 90.5 Å². The van der Waals surface area contributed by atoms with Gasteiger partial charge in [-0.3, -0.25) is 4.79 Å². The van der Waals surface area contributed by atoms with Crippen LogP contribution in [-0.4, -0.2) is 35.3 Å². The Bertz CT molecular complexity index is 643. The molecule has 4 N–H and O–H groups in total. The van der Waals surface area contributed by atoms with Gasteiger partial charge in [-0.25, -0.2) is 10.2 Å². The summed E-state index contributed by atoms with van der Waals surface area (Å²) in [7, 11) is 0. The summed E-state index contributed by atoms with van der Waals surface area (Å²) in [5.41, 5.74) is 9.02. The van der Waals surface area contributed by atoms with Gasteiger partial charge in [0.15, 0.2) is 0 Å². The predicted molar refractivity (Wildman–Crippen MR) is 101 cm³/mol. The van der Waals surface area contributed by atoms with Crippen molar-refractivity contribution in [2.75, 3.05) is 12.3 Å². The van der Waals surface area contributed by atoms with E-state index in [1.165, 1.54) is 0 Å². The maximum Gasteiger partial charge on any atom is 0.326 e. The molecule has 0 aromatic heterocycles. The Labute approximate surface area is 153 Å². The molecular weight excluding hydrogens is 338 g/mol. The number of aliphatic carboxylic acids is 1. The zero-order valence-corrected chi connectivity index (χ0v) is 15.3. The minimum Gasteiger partial charge on any atom is -0.480 e. The third-order valence-electron chi connectivity index (χ3n) is 4.34. The molecule has 25 heavy (non-hydrogen) atoms. The van der Waals surface area contributed by atoms with Gasteiger partial charge in [-0.15, -0.1) is 0 Å². The first-order valence-electron chi connectivity index (χ1n) is 8.33. The lowest BCUT2D eigenvalue weighted by Gasteiger charge is -2.21. The van der Waals surface area contributed by atoms with Crippen LogP contribution in [0.25, 0.3) is 5.57 Å². The second kappa shape index (κ2) is 8.92. The lowest BCUT2D eigenvalue weighted by Crippen LogP contribution is -2.46. The maximum absolute atomic E-state index is 12.3. The van der Waals surface area contributed by atoms with Crippen LogP contribution in [0, 0.1) is 11.8 Å². The highest BCUT2D eigenvalue weighted by molar-refractivity contribution is 7.80. The Hall–Kier alpha value is -1.99. The molecule has 0 aliphatic carbocycles. The van der Waals surface area contributed by atoms with Crippen molar-refractivity contribution in [1.82, 2.24) is 16.2 Å². The van der Waals surface area contributed by atoms with Gasteiger partial charge in [0, 0.05) is 30.8 Å². The number of rotatable bonds is 8. The third kappa shape index (κ3) is 5.24. The first kappa shape index (κ1) is 19.3. The van der Waals surface area contributed by atoms with Gasteiger partial charge in [0.1, 0.15) is 6.04 Å². The first-order valence-corrected chi connectivity index (χ1v) is 8.96. The number of carboxylic acid groups (broad SMARTS) is 1. The fourth-order valence-corrected chi connectivity index (χ4v) is 3.27. The molecule has 0 spiro atoms. The summed E-state index contributed by atoms with van der Waals surface area (Å²) in [5.74, 6) is -1.11. The van der Waals surface area contributed by atoms with Crippen LogP contribution in [0.2, 0.25) is 0 Å². The van der Waals surface area contributed by atoms with Gasteiger partial charge in [0.2, 0.25) is 5.91 Å². The van der Waals surface area contributed by atoms with E-state index in [1.54, 1.807) is 0 Å². The normalized spacial score (nSPS) is 16.1. The number of hydrogen-bond donors (Lipinski definition) is 5. The fourth-order valence-electron chi connectivity index (χ4n) is 2.69. The van der Waals surface area contributed by atoms with Gasteiger partial charge < -0.3 is 15.8 Å². The molecule has 1 amide bonds. The van der Waals surface area contributed by atoms with Gasteiger partial charge in [0.25, 0.3) is 0 Å². The van der Waals surface area contributed by atoms with E-state index in [0.717, 1.165) is 23.2 Å². The molecule has 136 valence electrons. The Morgan fingerprint density at radius 2 is 1.96 bits per heavy atom. The second-order valence-corrected chi connectivity index (χ2v) is 6.87. The van der Waals surface area contributed by atoms with Crippen LogP contribution in [-0.2, 0) is 16.0 Å². The van der Waals surface area contributed by atoms with Crippen LogP contribution in [0.15, 0.2) is 30.5 Å². The van der Waals surface area contributed by atoms with Crippen molar-refractivity contribution in [2.45, 2.75) is 26.3 Å². The van der Waals surface area contributed by atoms with Gasteiger partial charge in [-0.2, -0.15) is 12.6 Å². The van der Waals surface area contributed by atoms with E-state index in [0.29, 0.717) is 5.75 Å². The standard InChI is InChI=1S/C18H25N3O3S/c1-11(2)15(10-25)17(22)21-16(18(23)24)7-12-3-5-13(6-4-12)14-8-19-20-9-14/h3-6,8,11,15-16,19-20,25H,7,9-10H2,1-2H3,(H,21,22)(H,23,24)/t15-,16-/m0/s1. The van der Waals surface area contributed by atoms with Crippen LogP contribution in [0.1, 0.15) is 25.0 Å². The molecule has 1 aliphatic rings. The number of amides is 1. The van der Waals surface area contributed by atoms with Crippen LogP contribution in [0.3, 0.4) is 0 Å². The van der Waals surface area contributed by atoms with E-state index in [-0.39, 0.29) is 24.2 Å². The van der Waals surface area contributed by atoms with Gasteiger partial charge >= 0.3 is 5.97 Å². The highest BCUT2D eigenvalue weighted by atomic mass is 32.1. The fraction of sp³-hybridized carbons (Fsp3) is 0.444. The molecule has 0 fully saturated rings. The molecular formula is C18H25N3O3S. The summed E-state index contributed by atoms with van der Waals surface area (Å²) in [6.07, 6.45) is 2.15. The van der Waals surface area contributed by atoms with Crippen LogP contribution in [0.5, 0.6) is 0 Å². The van der Waals surface area contributed by atoms with Crippen molar-refractivity contribution in [3.63, 3.8) is 0 Å². The number of benzene rings is 1. The highest BCUT2D eigenvalue weighted by Gasteiger charge is 2.26. The number of nitrogens with one attached hydrogen (secondary N) is 3. The predicted octanol–water partition coefficient (Wildman–Crippen LogP) is 1.45. The zero-order valence-electron chi connectivity index (χ0n) is 14.5. The SMILES string of the molecule is CC(C)[C@H](CS)C(=O)N[C@@H](Cc1ccc(C2=CNNC2)cc1)C(=O)O. The summed E-state index contributed by atoms with van der Waals surface area (Å²) in [6.45, 7) is 4.60. The molecule has 1 aromatic rings. The van der Waals surface area contributed by atoms with Crippen LogP contribution in [0.4, 0.5) is 0 Å². The maximum atomic E-state index is 12.3. The van der Waals surface area contributed by atoms with Crippen molar-refractivity contribution in [3.05, 3.63) is 41.6 Å². The molecule has 0 unspecified atom stereocenters. The van der Waals surface area contributed by atoms with Crippen molar-refractivity contribution in [1.29, 1.82) is 0 Å². The summed E-state index contributed by atoms with van der Waals surface area (Å²) >= 11 is 4.20. The molecule has 0 saturated heterocycles. The monoisotopic (exact) mass is 363 g/mol. The van der Waals surface area contributed by atoms with Gasteiger partial charge in [0.05, 0.1) is 0 Å². The number of hydrazine groups is 1. The molecule has 0 bridgehead atoms. The Morgan fingerprint density at radius 3 is 2.44 bits per heavy atom. The number of thiol groups is 1. The number of carbonyl (C=O) groups is 2. The third-order valence-corrected chi connectivity index (χ3v) is 4.74. The average Bonchev–Trinajstić information content (AvgIpc) is 3.09. The molecule has 1 aromatic carbocycles. The van der Waals surface area contributed by atoms with Crippen molar-refractivity contribution < 1.29 is 14.7 Å². The molecule has 7 heteroatoms. The smallest absolute Gasteiger partial charge is 0.326 e. The van der Waals surface area contributed by atoms with Crippen LogP contribution >= 0.6 is 12.6 Å². The van der Waals surface area contributed by atoms with E-state index < -0.39 is 12.0 Å². The summed E-state index contributed by atoms with van der Waals surface area (Å²) in [4.78, 5) is 23.8. The van der Waals surface area contributed by atoms with E-state index in [2.05, 4.69) is 28.8 Å². The van der Waals surface area contributed by atoms with E-state index in [1.807, 2.05) is 44.3 Å². The second-order valence-electron chi connectivity index (χ2n) is 6.50. The number of hydrogen-bond acceptors (Lipinski definition) is 5. The van der Waals surface area contributed by atoms with Crippen molar-refractivity contribution in [3.8, 4) is 0 Å². The highest BCUT2D eigenvalue weighted by Crippen LogP contribution is 2.17. The van der Waals surface area contributed by atoms with E-state index in [4.69, 9.17) is 0 Å². The van der Waals surface area contributed by atoms with Crippen LogP contribution < -0.4 is 16.2 Å². The molecule has 6 nitrogen and oxygen atoms in total. The lowest BCUT2D eigenvalue weighted by molar-refractivity contribution is -0.142. The zero-order chi connectivity index (χ0) is 18.4. The van der Waals surface area contributed by atoms with E-state index >= 15 is 0 Å². The Balaban J connectivity index is 2.03. The Morgan fingerprint density at radius 1 is 1.28 bits per heavy atom. The largest absolute Gasteiger partial charge is 0.480 e. The summed E-state index contributed by atoms with van der Waals surface area (Å²) < 4.78 is 0. The van der Waals surface area contributed by atoms with Gasteiger partial charge in [-0.1, -0.05) is 38.1 Å². The van der Waals surface area contributed by atoms with Crippen molar-refractivity contribution >= 4 is 30.1 Å². The molecule has 0 saturated carbocycles. The first-order chi connectivity index (χ1) is 11.9. The quantitative estimate of drug-likeness (QED) is 0.451. The molecule has 0 radical (unpaired) electrons. The molecule has 1 heterocycles. The summed E-state index contributed by atoms with van der Waals surface area (Å²) in [6, 6.07) is 6.76. The summed E-state index contributed by atoms with van der Waals surface area (Å²) in [5, 5.41) is 12.1. The van der Waals surface area contributed by atoms with Crippen molar-refractivity contribution in [2.24, 2.45) is 11.8 Å². The molecule has 2 atom stereocenters. The number of carbonyl (C=O) groups excluding carboxylic acids is 1. The lowest BCUT2D eigenvalue weighted by atomic mass is 9.96. The molecule has 2 rings (SSSR count).